The third-order valence-corrected chi connectivity index (χ3v) is 5.33. The van der Waals surface area contributed by atoms with E-state index < -0.39 is 0 Å². The number of carbonyl (C=O) groups is 2. The van der Waals surface area contributed by atoms with Gasteiger partial charge < -0.3 is 0 Å². The molecule has 0 aliphatic heterocycles. The summed E-state index contributed by atoms with van der Waals surface area (Å²) in [5.74, 6) is 8.74. The zero-order chi connectivity index (χ0) is 25.5. The Labute approximate surface area is 221 Å². The summed E-state index contributed by atoms with van der Waals surface area (Å²) >= 11 is 2.20. The number of benzene rings is 4. The topological polar surface area (TPSA) is 34.1 Å². The monoisotopic (exact) mass is 568 g/mol. The van der Waals surface area contributed by atoms with Crippen molar-refractivity contribution in [1.29, 1.82) is 0 Å². The molecule has 0 aliphatic rings. The third-order valence-electron chi connectivity index (χ3n) is 4.61. The molecular weight excluding hydrogens is 543 g/mol. The zero-order valence-corrected chi connectivity index (χ0v) is 21.8. The number of halogens is 1. The molecule has 0 fully saturated rings. The Hall–Kier alpha value is -3.93. The average molecular weight is 568 g/mol. The molecule has 0 heterocycles. The minimum absolute atomic E-state index is 0.672. The molecule has 0 bridgehead atoms. The highest BCUT2D eigenvalue weighted by atomic mass is 127. The second-order valence-corrected chi connectivity index (χ2v) is 8.79. The predicted octanol–water partition coefficient (Wildman–Crippen LogP) is 7.29. The predicted molar refractivity (Wildman–Crippen MR) is 153 cm³/mol. The first-order valence-electron chi connectivity index (χ1n) is 10.8. The van der Waals surface area contributed by atoms with E-state index in [1.807, 2.05) is 86.6 Å². The summed E-state index contributed by atoms with van der Waals surface area (Å²) in [6, 6.07) is 30.6. The lowest BCUT2D eigenvalue weighted by Gasteiger charge is -1.93. The maximum Gasteiger partial charge on any atom is 0.150 e. The number of carbonyl (C=O) groups excluding carboxylic acids is 2. The third kappa shape index (κ3) is 10.7. The molecule has 35 heavy (non-hydrogen) atoms. The molecule has 0 spiro atoms. The van der Waals surface area contributed by atoms with Crippen LogP contribution in [0.15, 0.2) is 97.1 Å². The van der Waals surface area contributed by atoms with Crippen LogP contribution in [0.2, 0.25) is 0 Å². The Morgan fingerprint density at radius 2 is 1.09 bits per heavy atom. The van der Waals surface area contributed by atoms with E-state index in [0.29, 0.717) is 5.56 Å². The molecule has 0 saturated heterocycles. The van der Waals surface area contributed by atoms with E-state index in [2.05, 4.69) is 40.4 Å². The highest BCUT2D eigenvalue weighted by molar-refractivity contribution is 14.1. The minimum Gasteiger partial charge on any atom is -0.298 e. The lowest BCUT2D eigenvalue weighted by molar-refractivity contribution is 0.111. The Balaban J connectivity index is 0.000000203. The Morgan fingerprint density at radius 3 is 1.54 bits per heavy atom. The molecule has 0 aromatic heterocycles. The molecule has 0 aliphatic carbocycles. The normalized spacial score (nSPS) is 8.97. The SMILES string of the molecule is C#Cc1cccc(C)c1.Cc1cccc(C#Cc2ccc(C=O)cc2)c1.O=Cc1ccc(I)cc1. The van der Waals surface area contributed by atoms with Crippen LogP contribution in [0.4, 0.5) is 0 Å². The van der Waals surface area contributed by atoms with Gasteiger partial charge >= 0.3 is 0 Å². The molecule has 4 rings (SSSR count). The van der Waals surface area contributed by atoms with Gasteiger partial charge in [0.15, 0.2) is 0 Å². The van der Waals surface area contributed by atoms with E-state index >= 15 is 0 Å². The number of hydrogen-bond donors (Lipinski definition) is 0. The molecule has 3 heteroatoms. The van der Waals surface area contributed by atoms with Crippen molar-refractivity contribution >= 4 is 35.2 Å². The van der Waals surface area contributed by atoms with Gasteiger partial charge in [-0.25, -0.2) is 0 Å². The van der Waals surface area contributed by atoms with Crippen LogP contribution in [-0.4, -0.2) is 12.6 Å². The van der Waals surface area contributed by atoms with E-state index in [1.54, 1.807) is 24.3 Å². The van der Waals surface area contributed by atoms with Crippen LogP contribution in [0.25, 0.3) is 0 Å². The highest BCUT2D eigenvalue weighted by Crippen LogP contribution is 2.05. The van der Waals surface area contributed by atoms with Gasteiger partial charge in [-0.3, -0.25) is 9.59 Å². The summed E-state index contributed by atoms with van der Waals surface area (Å²) in [5.41, 5.74) is 6.69. The standard InChI is InChI=1S/C16H12O.C9H8.C7H5IO/c1-13-3-2-4-15(11-13)8-5-14-6-9-16(12-17)10-7-14;1-3-9-6-4-5-8(2)7-9;8-7-3-1-6(5-9)2-4-7/h2-4,6-7,9-12H,1H3;1,4-7H,2H3;1-5H. The summed E-state index contributed by atoms with van der Waals surface area (Å²) in [6.45, 7) is 4.07. The van der Waals surface area contributed by atoms with Gasteiger partial charge in [-0.05, 0) is 96.1 Å². The van der Waals surface area contributed by atoms with Gasteiger partial charge in [0.05, 0.1) is 0 Å². The van der Waals surface area contributed by atoms with E-state index in [1.165, 1.54) is 11.1 Å². The van der Waals surface area contributed by atoms with Gasteiger partial charge in [0, 0.05) is 31.4 Å². The number of hydrogen-bond acceptors (Lipinski definition) is 2. The van der Waals surface area contributed by atoms with Gasteiger partial charge in [-0.1, -0.05) is 66.3 Å². The van der Waals surface area contributed by atoms with E-state index in [0.717, 1.165) is 38.4 Å². The van der Waals surface area contributed by atoms with Crippen LogP contribution in [0.5, 0.6) is 0 Å². The molecule has 0 amide bonds. The van der Waals surface area contributed by atoms with Crippen LogP contribution in [0.3, 0.4) is 0 Å². The summed E-state index contributed by atoms with van der Waals surface area (Å²) in [6.07, 6.45) is 6.84. The van der Waals surface area contributed by atoms with Gasteiger partial charge in [-0.2, -0.15) is 0 Å². The summed E-state index contributed by atoms with van der Waals surface area (Å²) in [7, 11) is 0. The van der Waals surface area contributed by atoms with E-state index in [-0.39, 0.29) is 0 Å². The molecular formula is C32H25IO2. The molecule has 0 radical (unpaired) electrons. The van der Waals surface area contributed by atoms with E-state index in [4.69, 9.17) is 6.42 Å². The Kier molecular flexibility index (Phi) is 11.8. The number of rotatable bonds is 2. The summed E-state index contributed by atoms with van der Waals surface area (Å²) in [5, 5.41) is 0. The fourth-order valence-corrected chi connectivity index (χ4v) is 3.15. The van der Waals surface area contributed by atoms with Crippen molar-refractivity contribution in [3.05, 3.63) is 140 Å². The number of terminal acetylenes is 1. The molecule has 4 aromatic rings. The van der Waals surface area contributed by atoms with Crippen molar-refractivity contribution in [3.8, 4) is 24.2 Å². The zero-order valence-electron chi connectivity index (χ0n) is 19.7. The second kappa shape index (κ2) is 15.1. The van der Waals surface area contributed by atoms with Crippen LogP contribution in [0.1, 0.15) is 48.5 Å². The molecule has 4 aromatic carbocycles. The van der Waals surface area contributed by atoms with Crippen molar-refractivity contribution in [2.45, 2.75) is 13.8 Å². The van der Waals surface area contributed by atoms with Crippen LogP contribution < -0.4 is 0 Å². The minimum atomic E-state index is 0.672. The fourth-order valence-electron chi connectivity index (χ4n) is 2.79. The van der Waals surface area contributed by atoms with Gasteiger partial charge in [0.2, 0.25) is 0 Å². The first kappa shape index (κ1) is 27.3. The van der Waals surface area contributed by atoms with Crippen LogP contribution in [0, 0.1) is 41.6 Å². The largest absolute Gasteiger partial charge is 0.298 e. The lowest BCUT2D eigenvalue weighted by atomic mass is 10.1. The first-order chi connectivity index (χ1) is 16.9. The first-order valence-corrected chi connectivity index (χ1v) is 11.9. The van der Waals surface area contributed by atoms with Gasteiger partial charge in [-0.15, -0.1) is 6.42 Å². The molecule has 0 N–H and O–H groups in total. The molecule has 0 saturated carbocycles. The highest BCUT2D eigenvalue weighted by Gasteiger charge is 1.90. The maximum atomic E-state index is 10.5. The van der Waals surface area contributed by atoms with Crippen molar-refractivity contribution in [3.63, 3.8) is 0 Å². The quantitative estimate of drug-likeness (QED) is 0.145. The molecule has 172 valence electrons. The van der Waals surface area contributed by atoms with Crippen LogP contribution in [-0.2, 0) is 0 Å². The Morgan fingerprint density at radius 1 is 0.629 bits per heavy atom. The smallest absolute Gasteiger partial charge is 0.150 e. The maximum absolute atomic E-state index is 10.5. The fraction of sp³-hybridized carbons (Fsp3) is 0.0625. The van der Waals surface area contributed by atoms with Gasteiger partial charge in [0.25, 0.3) is 0 Å². The average Bonchev–Trinajstić information content (AvgIpc) is 2.89. The number of aldehydes is 2. The second-order valence-electron chi connectivity index (χ2n) is 7.54. The van der Waals surface area contributed by atoms with Gasteiger partial charge in [0.1, 0.15) is 12.6 Å². The van der Waals surface area contributed by atoms with Crippen molar-refractivity contribution < 1.29 is 9.59 Å². The summed E-state index contributed by atoms with van der Waals surface area (Å²) < 4.78 is 1.15. The molecule has 0 unspecified atom stereocenters. The molecule has 0 atom stereocenters. The molecule has 2 nitrogen and oxygen atoms in total. The lowest BCUT2D eigenvalue weighted by Crippen LogP contribution is -1.80. The van der Waals surface area contributed by atoms with Crippen molar-refractivity contribution in [2.24, 2.45) is 0 Å². The van der Waals surface area contributed by atoms with Crippen molar-refractivity contribution in [2.75, 3.05) is 0 Å². The summed E-state index contributed by atoms with van der Waals surface area (Å²) in [4.78, 5) is 20.6. The Bertz CT molecular complexity index is 1350. The van der Waals surface area contributed by atoms with Crippen LogP contribution >= 0.6 is 22.6 Å². The number of aryl methyl sites for hydroxylation is 2. The van der Waals surface area contributed by atoms with E-state index in [9.17, 15) is 9.59 Å². The van der Waals surface area contributed by atoms with Crippen molar-refractivity contribution in [1.82, 2.24) is 0 Å².